The van der Waals surface area contributed by atoms with Crippen molar-refractivity contribution < 1.29 is 9.59 Å². The Morgan fingerprint density at radius 1 is 0.971 bits per heavy atom. The van der Waals surface area contributed by atoms with Gasteiger partial charge in [-0.15, -0.1) is 0 Å². The predicted molar refractivity (Wildman–Crippen MR) is 137 cm³/mol. The number of anilines is 2. The third-order valence-electron chi connectivity index (χ3n) is 7.05. The van der Waals surface area contributed by atoms with E-state index in [2.05, 4.69) is 34.4 Å². The maximum Gasteiger partial charge on any atom is 0.255 e. The average molecular weight is 472 g/mol. The van der Waals surface area contributed by atoms with E-state index in [1.54, 1.807) is 4.90 Å². The van der Waals surface area contributed by atoms with Crippen molar-refractivity contribution in [3.63, 3.8) is 0 Å². The Labute approximate surface area is 206 Å². The van der Waals surface area contributed by atoms with Crippen molar-refractivity contribution in [3.05, 3.63) is 77.0 Å². The molecule has 7 nitrogen and oxygen atoms in total. The molecule has 0 radical (unpaired) electrons. The van der Waals surface area contributed by atoms with Gasteiger partial charge in [0.05, 0.1) is 18.8 Å². The fraction of sp³-hybridized carbons (Fsp3) is 0.393. The lowest BCUT2D eigenvalue weighted by atomic mass is 9.99. The molecule has 1 aromatic heterocycles. The molecule has 0 saturated carbocycles. The van der Waals surface area contributed by atoms with Crippen molar-refractivity contribution in [2.75, 3.05) is 23.3 Å². The topological polar surface area (TPSA) is 70.5 Å². The average Bonchev–Trinajstić information content (AvgIpc) is 3.24. The Bertz CT molecular complexity index is 1190. The summed E-state index contributed by atoms with van der Waals surface area (Å²) in [6.45, 7) is 8.62. The highest BCUT2D eigenvalue weighted by Crippen LogP contribution is 2.25. The molecule has 2 aliphatic heterocycles. The molecular weight excluding hydrogens is 438 g/mol. The van der Waals surface area contributed by atoms with Crippen molar-refractivity contribution >= 4 is 23.3 Å². The van der Waals surface area contributed by atoms with Gasteiger partial charge in [-0.3, -0.25) is 19.4 Å². The number of amides is 2. The molecule has 0 bridgehead atoms. The van der Waals surface area contributed by atoms with Crippen LogP contribution in [0.25, 0.3) is 0 Å². The van der Waals surface area contributed by atoms with E-state index in [1.807, 2.05) is 54.1 Å². The second-order valence-corrected chi connectivity index (χ2v) is 9.90. The predicted octanol–water partition coefficient (Wildman–Crippen LogP) is 4.61. The minimum absolute atomic E-state index is 0.0949. The summed E-state index contributed by atoms with van der Waals surface area (Å²) in [6.07, 6.45) is 2.99. The number of benzene rings is 2. The van der Waals surface area contributed by atoms with Gasteiger partial charge in [0.1, 0.15) is 5.82 Å². The molecule has 3 aromatic rings. The first kappa shape index (κ1) is 23.3. The molecular formula is C28H33N5O2. The van der Waals surface area contributed by atoms with E-state index in [0.29, 0.717) is 25.1 Å². The molecule has 0 spiro atoms. The quantitative estimate of drug-likeness (QED) is 0.570. The number of likely N-dealkylation sites (tertiary alicyclic amines) is 1. The third-order valence-corrected chi connectivity index (χ3v) is 7.05. The number of carbonyl (C=O) groups is 2. The van der Waals surface area contributed by atoms with E-state index in [0.717, 1.165) is 48.3 Å². The molecule has 1 fully saturated rings. The smallest absolute Gasteiger partial charge is 0.255 e. The van der Waals surface area contributed by atoms with Crippen molar-refractivity contribution in [1.82, 2.24) is 14.7 Å². The molecule has 2 aliphatic rings. The van der Waals surface area contributed by atoms with Gasteiger partial charge >= 0.3 is 0 Å². The first-order chi connectivity index (χ1) is 16.9. The molecule has 0 aliphatic carbocycles. The highest BCUT2D eigenvalue weighted by Gasteiger charge is 2.25. The van der Waals surface area contributed by atoms with Crippen LogP contribution >= 0.6 is 0 Å². The molecule has 2 aromatic carbocycles. The van der Waals surface area contributed by atoms with Crippen LogP contribution in [-0.4, -0.2) is 39.6 Å². The van der Waals surface area contributed by atoms with Crippen molar-refractivity contribution in [2.45, 2.75) is 52.7 Å². The lowest BCUT2D eigenvalue weighted by molar-refractivity contribution is -0.119. The van der Waals surface area contributed by atoms with Gasteiger partial charge in [0, 0.05) is 30.3 Å². The number of hydrogen-bond acceptors (Lipinski definition) is 4. The summed E-state index contributed by atoms with van der Waals surface area (Å²) in [5.74, 6) is 1.62. The van der Waals surface area contributed by atoms with E-state index in [9.17, 15) is 9.59 Å². The first-order valence-corrected chi connectivity index (χ1v) is 12.5. The summed E-state index contributed by atoms with van der Waals surface area (Å²) < 4.78 is 1.89. The van der Waals surface area contributed by atoms with Gasteiger partial charge in [-0.1, -0.05) is 31.2 Å². The zero-order chi connectivity index (χ0) is 24.4. The summed E-state index contributed by atoms with van der Waals surface area (Å²) >= 11 is 0. The summed E-state index contributed by atoms with van der Waals surface area (Å²) in [4.78, 5) is 29.6. The van der Waals surface area contributed by atoms with Gasteiger partial charge in [-0.05, 0) is 74.2 Å². The lowest BCUT2D eigenvalue weighted by Gasteiger charge is -2.30. The second kappa shape index (κ2) is 10.0. The Morgan fingerprint density at radius 2 is 1.63 bits per heavy atom. The van der Waals surface area contributed by atoms with Gasteiger partial charge in [0.15, 0.2) is 0 Å². The zero-order valence-corrected chi connectivity index (χ0v) is 20.5. The number of rotatable bonds is 6. The van der Waals surface area contributed by atoms with Crippen LogP contribution in [-0.2, 0) is 24.4 Å². The normalized spacial score (nSPS) is 16.9. The molecule has 2 amide bonds. The van der Waals surface area contributed by atoms with Gasteiger partial charge in [0.25, 0.3) is 5.91 Å². The van der Waals surface area contributed by atoms with Crippen LogP contribution in [0.2, 0.25) is 0 Å². The standard InChI is InChI=1S/C28H33N5O2/c1-20-11-14-31(15-12-20)18-22-5-9-25(10-6-22)29-28(35)24-7-3-23(4-8-24)19-32-26-17-21(2)30-33(26)16-13-27(32)34/h3-10,17,20H,11-16,18-19H2,1-2H3,(H,29,35). The molecule has 3 heterocycles. The van der Waals surface area contributed by atoms with Gasteiger partial charge in [0.2, 0.25) is 5.91 Å². The zero-order valence-electron chi connectivity index (χ0n) is 20.5. The minimum Gasteiger partial charge on any atom is -0.322 e. The second-order valence-electron chi connectivity index (χ2n) is 9.90. The Kier molecular flexibility index (Phi) is 6.68. The third kappa shape index (κ3) is 5.46. The number of piperidine rings is 1. The molecule has 1 N–H and O–H groups in total. The summed E-state index contributed by atoms with van der Waals surface area (Å²) in [7, 11) is 0. The van der Waals surface area contributed by atoms with Gasteiger partial charge in [-0.25, -0.2) is 4.68 Å². The Morgan fingerprint density at radius 3 is 2.34 bits per heavy atom. The maximum atomic E-state index is 12.8. The molecule has 182 valence electrons. The van der Waals surface area contributed by atoms with E-state index in [-0.39, 0.29) is 11.8 Å². The fourth-order valence-corrected chi connectivity index (χ4v) is 4.87. The Balaban J connectivity index is 1.18. The first-order valence-electron chi connectivity index (χ1n) is 12.5. The van der Waals surface area contributed by atoms with E-state index >= 15 is 0 Å². The van der Waals surface area contributed by atoms with Crippen LogP contribution in [0.5, 0.6) is 0 Å². The van der Waals surface area contributed by atoms with Gasteiger partial charge < -0.3 is 5.32 Å². The van der Waals surface area contributed by atoms with Crippen LogP contribution in [0.3, 0.4) is 0 Å². The number of carbonyl (C=O) groups excluding carboxylic acids is 2. The number of fused-ring (bicyclic) bond motifs is 1. The number of nitrogens with one attached hydrogen (secondary N) is 1. The minimum atomic E-state index is -0.142. The lowest BCUT2D eigenvalue weighted by Crippen LogP contribution is -2.36. The summed E-state index contributed by atoms with van der Waals surface area (Å²) in [5.41, 5.74) is 4.52. The van der Waals surface area contributed by atoms with E-state index < -0.39 is 0 Å². The number of aromatic nitrogens is 2. The highest BCUT2D eigenvalue weighted by molar-refractivity contribution is 6.04. The van der Waals surface area contributed by atoms with E-state index in [1.165, 1.54) is 18.4 Å². The van der Waals surface area contributed by atoms with Crippen LogP contribution in [0.4, 0.5) is 11.5 Å². The van der Waals surface area contributed by atoms with Gasteiger partial charge in [-0.2, -0.15) is 5.10 Å². The maximum absolute atomic E-state index is 12.8. The van der Waals surface area contributed by atoms with Crippen molar-refractivity contribution in [2.24, 2.45) is 5.92 Å². The van der Waals surface area contributed by atoms with Crippen LogP contribution < -0.4 is 10.2 Å². The number of nitrogens with zero attached hydrogens (tertiary/aromatic N) is 4. The molecule has 7 heteroatoms. The van der Waals surface area contributed by atoms with Crippen molar-refractivity contribution in [1.29, 1.82) is 0 Å². The largest absolute Gasteiger partial charge is 0.322 e. The summed E-state index contributed by atoms with van der Waals surface area (Å²) in [6, 6.07) is 17.5. The molecule has 1 saturated heterocycles. The molecule has 35 heavy (non-hydrogen) atoms. The molecule has 5 rings (SSSR count). The van der Waals surface area contributed by atoms with Crippen LogP contribution in [0.15, 0.2) is 54.6 Å². The highest BCUT2D eigenvalue weighted by atomic mass is 16.2. The monoisotopic (exact) mass is 471 g/mol. The summed E-state index contributed by atoms with van der Waals surface area (Å²) in [5, 5.41) is 7.45. The van der Waals surface area contributed by atoms with E-state index in [4.69, 9.17) is 0 Å². The SMILES string of the molecule is Cc1cc2n(n1)CCC(=O)N2Cc1ccc(C(=O)Nc2ccc(CN3CCC(C)CC3)cc2)cc1. The van der Waals surface area contributed by atoms with Crippen molar-refractivity contribution in [3.8, 4) is 0 Å². The number of hydrogen-bond donors (Lipinski definition) is 1. The molecule has 0 unspecified atom stereocenters. The number of aryl methyl sites for hydroxylation is 2. The molecule has 0 atom stereocenters. The Hall–Kier alpha value is -3.45. The van der Waals surface area contributed by atoms with Crippen LogP contribution in [0.1, 0.15) is 53.4 Å². The van der Waals surface area contributed by atoms with Crippen LogP contribution in [0, 0.1) is 12.8 Å². The fourth-order valence-electron chi connectivity index (χ4n) is 4.87.